The number of hydrogen-bond acceptors (Lipinski definition) is 18. The van der Waals surface area contributed by atoms with Gasteiger partial charge in [-0.25, -0.2) is 24.0 Å². The van der Waals surface area contributed by atoms with E-state index in [1.165, 1.54) is 76.2 Å². The third-order valence-corrected chi connectivity index (χ3v) is 17.1. The van der Waals surface area contributed by atoms with Gasteiger partial charge in [-0.15, -0.1) is 0 Å². The molecule has 494 valence electrons. The number of fused-ring (bicyclic) bond motifs is 5. The second-order valence-corrected chi connectivity index (χ2v) is 23.9. The van der Waals surface area contributed by atoms with Crippen LogP contribution in [0.2, 0.25) is 5.02 Å². The molecular formula is C62H84BrClN8O18. The molecule has 4 bridgehead atoms. The van der Waals surface area contributed by atoms with Crippen LogP contribution in [-0.2, 0) is 70.2 Å². The van der Waals surface area contributed by atoms with Gasteiger partial charge in [0.2, 0.25) is 23.6 Å². The lowest BCUT2D eigenvalue weighted by molar-refractivity contribution is -0.162. The van der Waals surface area contributed by atoms with Crippen molar-refractivity contribution in [3.8, 4) is 5.75 Å². The van der Waals surface area contributed by atoms with Gasteiger partial charge in [-0.3, -0.25) is 29.8 Å². The van der Waals surface area contributed by atoms with E-state index in [4.69, 9.17) is 49.5 Å². The third-order valence-electron chi connectivity index (χ3n) is 16.2. The van der Waals surface area contributed by atoms with Gasteiger partial charge in [0.25, 0.3) is 0 Å². The maximum Gasteiger partial charge on any atom is 0.412 e. The van der Waals surface area contributed by atoms with Crippen molar-refractivity contribution in [2.24, 2.45) is 5.92 Å². The minimum Gasteiger partial charge on any atom is -0.495 e. The second-order valence-electron chi connectivity index (χ2n) is 23.0. The van der Waals surface area contributed by atoms with E-state index < -0.39 is 108 Å². The molecule has 90 heavy (non-hydrogen) atoms. The summed E-state index contributed by atoms with van der Waals surface area (Å²) in [4.78, 5) is 124. The summed E-state index contributed by atoms with van der Waals surface area (Å²) in [6.45, 7) is 6.15. The quantitative estimate of drug-likeness (QED) is 0.0281. The van der Waals surface area contributed by atoms with Gasteiger partial charge in [0.1, 0.15) is 60.0 Å². The Morgan fingerprint density at radius 2 is 1.66 bits per heavy atom. The van der Waals surface area contributed by atoms with E-state index in [1.807, 2.05) is 25.2 Å². The number of rotatable bonds is 20. The standard InChI is InChI=1S/C62H84BrClN8O18/c1-37-17-16-20-48(84-10)62(82)34-47(88-58(79)68-62)38(2)55-61(4,90-55)49(33-53(76)72(8)45-31-41(29-37)32-46(83-9)54(45)64)89-56(77)39(3)71(7)52(75)24-28-85-59(80)69(5)26-27-70(6)60(81)86-36-40-21-22-43(44(30-40)66-50(73)23-25-65-51(74)35-63)67-57(78)87-42-18-14-12-11-13-15-19-42/h14,16-18,20-22,30-32,38-39,42,47-49,55,82H,11-13,15,19,23-29,33-36H2,1-10H3,(H,65,74)(H,66,73)(H,67,78)(H,68,79)/b18-14+,20-16+,37-17+/t38-,39+,42?,47+,48-,49+,55+,61?,62+/m1/s1. The first-order valence-corrected chi connectivity index (χ1v) is 31.2. The number of aliphatic hydroxyl groups is 1. The van der Waals surface area contributed by atoms with Crippen LogP contribution in [0.3, 0.4) is 0 Å². The SMILES string of the molecule is COc1cc2cc(c1Cl)N(C)C(=O)C[C@H](OC(=O)[C@H](C)N(C)C(=O)CCOC(=O)N(C)CCN(C)C(=O)OCc1ccc(NC(=O)OC3/C=C/CCCCC3)c(NC(=O)CCNC(=O)CBr)c1)C1(C)O[C@H]1[C@H](C)[C@@H]1C[C@@](O)(NC(=O)O1)[C@H](OC)/C=C/C=C(\C)C2. The molecule has 2 fully saturated rings. The van der Waals surface area contributed by atoms with Crippen LogP contribution < -0.4 is 30.9 Å². The van der Waals surface area contributed by atoms with Crippen LogP contribution in [0.15, 0.2) is 66.3 Å². The highest BCUT2D eigenvalue weighted by molar-refractivity contribution is 9.09. The normalized spacial score (nSPS) is 25.0. The van der Waals surface area contributed by atoms with Gasteiger partial charge in [0.05, 0.1) is 48.4 Å². The van der Waals surface area contributed by atoms with Crippen molar-refractivity contribution in [3.05, 3.63) is 82.4 Å². The Labute approximate surface area is 537 Å². The molecule has 1 aliphatic carbocycles. The zero-order valence-corrected chi connectivity index (χ0v) is 54.9. The topological polar surface area (TPSA) is 312 Å². The number of ether oxygens (including phenoxy) is 8. The number of alkyl carbamates (subject to hydrolysis) is 1. The van der Waals surface area contributed by atoms with E-state index in [0.29, 0.717) is 29.8 Å². The number of epoxide rings is 1. The number of allylic oxidation sites excluding steroid dienone is 4. The third kappa shape index (κ3) is 19.8. The predicted octanol–water partition coefficient (Wildman–Crippen LogP) is 7.52. The number of carbonyl (C=O) groups is 9. The molecule has 9 atom stereocenters. The molecule has 0 spiro atoms. The van der Waals surface area contributed by atoms with Crippen LogP contribution in [0.4, 0.5) is 36.2 Å². The first kappa shape index (κ1) is 71.6. The van der Waals surface area contributed by atoms with Crippen molar-refractivity contribution in [3.63, 3.8) is 0 Å². The summed E-state index contributed by atoms with van der Waals surface area (Å²) in [5.41, 5.74) is -0.451. The number of likely N-dealkylation sites (N-methyl/N-ethyl adjacent to an activating group) is 3. The highest BCUT2D eigenvalue weighted by atomic mass is 79.9. The van der Waals surface area contributed by atoms with Gasteiger partial charge in [-0.05, 0) is 94.3 Å². The van der Waals surface area contributed by atoms with Crippen LogP contribution in [0, 0.1) is 5.92 Å². The Balaban J connectivity index is 1.03. The number of hydrogen-bond donors (Lipinski definition) is 5. The van der Waals surface area contributed by atoms with Gasteiger partial charge in [-0.2, -0.15) is 0 Å². The summed E-state index contributed by atoms with van der Waals surface area (Å²) < 4.78 is 46.0. The first-order valence-electron chi connectivity index (χ1n) is 29.7. The number of benzene rings is 2. The molecule has 2 aromatic carbocycles. The number of anilines is 3. The summed E-state index contributed by atoms with van der Waals surface area (Å²) in [6.07, 6.45) is 5.37. The van der Waals surface area contributed by atoms with E-state index in [9.17, 15) is 48.3 Å². The molecule has 28 heteroatoms. The molecule has 8 amide bonds. The molecule has 0 saturated carbocycles. The molecule has 0 aromatic heterocycles. The van der Waals surface area contributed by atoms with Crippen molar-refractivity contribution >= 4 is 98.6 Å². The molecule has 5 N–H and O–H groups in total. The smallest absolute Gasteiger partial charge is 0.412 e. The van der Waals surface area contributed by atoms with E-state index in [2.05, 4.69) is 37.2 Å². The summed E-state index contributed by atoms with van der Waals surface area (Å²) in [5, 5.41) is 22.7. The fraction of sp³-hybridized carbons (Fsp3) is 0.565. The number of carbonyl (C=O) groups excluding carboxylic acids is 9. The summed E-state index contributed by atoms with van der Waals surface area (Å²) in [7, 11) is 8.64. The van der Waals surface area contributed by atoms with Gasteiger partial charge < -0.3 is 73.2 Å². The summed E-state index contributed by atoms with van der Waals surface area (Å²) >= 11 is 9.89. The highest BCUT2D eigenvalue weighted by Crippen LogP contribution is 2.49. The molecule has 6 rings (SSSR count). The van der Waals surface area contributed by atoms with E-state index >= 15 is 0 Å². The molecule has 3 heterocycles. The van der Waals surface area contributed by atoms with Crippen LogP contribution in [0.1, 0.15) is 96.6 Å². The van der Waals surface area contributed by atoms with Crippen molar-refractivity contribution in [1.29, 1.82) is 0 Å². The number of nitrogens with one attached hydrogen (secondary N) is 4. The summed E-state index contributed by atoms with van der Waals surface area (Å²) in [6, 6.07) is 6.93. The van der Waals surface area contributed by atoms with Crippen LogP contribution >= 0.6 is 27.5 Å². The van der Waals surface area contributed by atoms with Crippen LogP contribution in [-0.4, -0.2) is 196 Å². The van der Waals surface area contributed by atoms with Crippen molar-refractivity contribution in [1.82, 2.24) is 25.3 Å². The Bertz CT molecular complexity index is 3040. The second kappa shape index (κ2) is 33.0. The maximum absolute atomic E-state index is 14.4. The lowest BCUT2D eigenvalue weighted by Crippen LogP contribution is -2.63. The maximum atomic E-state index is 14.4. The average Bonchev–Trinajstić information content (AvgIpc) is 1.57. The fourth-order valence-electron chi connectivity index (χ4n) is 10.4. The lowest BCUT2D eigenvalue weighted by Gasteiger charge is -2.42. The van der Waals surface area contributed by atoms with Crippen molar-refractivity contribution in [2.75, 3.05) is 89.5 Å². The molecule has 26 nitrogen and oxygen atoms in total. The molecule has 4 aliphatic rings. The largest absolute Gasteiger partial charge is 0.495 e. The molecule has 0 radical (unpaired) electrons. The van der Waals surface area contributed by atoms with Crippen LogP contribution in [0.25, 0.3) is 0 Å². The van der Waals surface area contributed by atoms with E-state index in [-0.39, 0.29) is 79.7 Å². The van der Waals surface area contributed by atoms with Gasteiger partial charge in [0, 0.05) is 73.7 Å². The van der Waals surface area contributed by atoms with Gasteiger partial charge >= 0.3 is 30.3 Å². The Morgan fingerprint density at radius 3 is 2.36 bits per heavy atom. The average molecular weight is 1340 g/mol. The Morgan fingerprint density at radius 1 is 0.933 bits per heavy atom. The van der Waals surface area contributed by atoms with Crippen LogP contribution in [0.5, 0.6) is 5.75 Å². The predicted molar refractivity (Wildman–Crippen MR) is 335 cm³/mol. The van der Waals surface area contributed by atoms with Gasteiger partial charge in [0.15, 0.2) is 5.72 Å². The monoisotopic (exact) mass is 1340 g/mol. The lowest BCUT2D eigenvalue weighted by atomic mass is 9.83. The number of esters is 1. The van der Waals surface area contributed by atoms with Gasteiger partial charge in [-0.1, -0.05) is 76.8 Å². The van der Waals surface area contributed by atoms with Crippen molar-refractivity contribution in [2.45, 2.75) is 146 Å². The van der Waals surface area contributed by atoms with Crippen molar-refractivity contribution < 1.29 is 86.2 Å². The zero-order chi connectivity index (χ0) is 66.0. The molecule has 3 aliphatic heterocycles. The number of alkyl halides is 1. The minimum atomic E-state index is -1.91. The Hall–Kier alpha value is -7.46. The minimum absolute atomic E-state index is 0.00113. The molecule has 2 unspecified atom stereocenters. The molecule has 2 aromatic rings. The zero-order valence-electron chi connectivity index (χ0n) is 52.6. The number of nitrogens with zero attached hydrogens (tertiary/aromatic N) is 4. The highest BCUT2D eigenvalue weighted by Gasteiger charge is 2.64. The van der Waals surface area contributed by atoms with E-state index in [1.54, 1.807) is 44.2 Å². The molecule has 2 saturated heterocycles. The number of amides is 8. The number of methoxy groups -OCH3 is 2. The fourth-order valence-corrected chi connectivity index (χ4v) is 11.0. The molecular weight excluding hydrogens is 1260 g/mol. The number of halogens is 2. The summed E-state index contributed by atoms with van der Waals surface area (Å²) in [5.74, 6) is -3.09. The van der Waals surface area contributed by atoms with E-state index in [0.717, 1.165) is 41.7 Å². The first-order chi connectivity index (χ1) is 42.7. The Kier molecular flexibility index (Phi) is 26.3.